The third kappa shape index (κ3) is 2.56. The summed E-state index contributed by atoms with van der Waals surface area (Å²) in [5.41, 5.74) is 0.606. The van der Waals surface area contributed by atoms with Gasteiger partial charge in [-0.2, -0.15) is 0 Å². The van der Waals surface area contributed by atoms with Gasteiger partial charge >= 0.3 is 11.9 Å². The fourth-order valence-corrected chi connectivity index (χ4v) is 8.95. The zero-order valence-corrected chi connectivity index (χ0v) is 19.3. The third-order valence-electron chi connectivity index (χ3n) is 10.8. The van der Waals surface area contributed by atoms with Gasteiger partial charge in [0.05, 0.1) is 12.7 Å². The first kappa shape index (κ1) is 20.8. The number of fused-ring (bicyclic) bond motifs is 3. The minimum Gasteiger partial charge on any atom is -0.466 e. The van der Waals surface area contributed by atoms with E-state index in [-0.39, 0.29) is 39.9 Å². The van der Waals surface area contributed by atoms with Crippen molar-refractivity contribution in [3.05, 3.63) is 0 Å². The van der Waals surface area contributed by atoms with Gasteiger partial charge in [0.1, 0.15) is 11.7 Å². The smallest absolute Gasteiger partial charge is 0.302 e. The fourth-order valence-electron chi connectivity index (χ4n) is 8.95. The summed E-state index contributed by atoms with van der Waals surface area (Å²) in [6.45, 7) is 11.0. The van der Waals surface area contributed by atoms with E-state index in [1.165, 1.54) is 33.1 Å². The van der Waals surface area contributed by atoms with E-state index in [2.05, 4.69) is 20.8 Å². The molecule has 5 fully saturated rings. The lowest BCUT2D eigenvalue weighted by Crippen LogP contribution is -2.62. The van der Waals surface area contributed by atoms with E-state index in [0.29, 0.717) is 30.5 Å². The predicted octanol–water partition coefficient (Wildman–Crippen LogP) is 4.66. The summed E-state index contributed by atoms with van der Waals surface area (Å²) in [4.78, 5) is 23.0. The van der Waals surface area contributed by atoms with Crippen molar-refractivity contribution >= 4 is 11.9 Å². The molecule has 5 heteroatoms. The molecule has 30 heavy (non-hydrogen) atoms. The van der Waals surface area contributed by atoms with Gasteiger partial charge in [0, 0.05) is 25.2 Å². The summed E-state index contributed by atoms with van der Waals surface area (Å²) < 4.78 is 17.7. The lowest BCUT2D eigenvalue weighted by atomic mass is 9.40. The van der Waals surface area contributed by atoms with Crippen molar-refractivity contribution in [3.63, 3.8) is 0 Å². The van der Waals surface area contributed by atoms with Crippen molar-refractivity contribution < 1.29 is 23.8 Å². The van der Waals surface area contributed by atoms with Gasteiger partial charge in [0.2, 0.25) is 0 Å². The highest BCUT2D eigenvalue weighted by Gasteiger charge is 2.81. The Hall–Kier alpha value is -1.10. The van der Waals surface area contributed by atoms with Gasteiger partial charge in [0.25, 0.3) is 0 Å². The maximum atomic E-state index is 11.5. The van der Waals surface area contributed by atoms with Crippen LogP contribution in [0.25, 0.3) is 0 Å². The molecule has 0 radical (unpaired) electrons. The van der Waals surface area contributed by atoms with Crippen LogP contribution in [0.15, 0.2) is 0 Å². The van der Waals surface area contributed by atoms with E-state index in [4.69, 9.17) is 14.2 Å². The minimum atomic E-state index is -0.173. The molecular formula is C25H38O5. The van der Waals surface area contributed by atoms with Crippen LogP contribution in [-0.2, 0) is 23.8 Å². The standard InChI is InChI=1S/C25H38O5/c1-15(26)28-14-17-12-21-25(30-21)20-7-9-22(3)13-18(29-16(2)27)6-10-24(22,5)19(20)8-11-23(17,25)4/h17-21H,6-14H2,1-5H3/t17-,18+,19-,20+,21+,22+,23-,24-,25+/m1/s1. The molecule has 1 saturated heterocycles. The number of ether oxygens (including phenoxy) is 3. The first-order valence-electron chi connectivity index (χ1n) is 12.0. The molecule has 5 nitrogen and oxygen atoms in total. The molecule has 1 aliphatic heterocycles. The maximum absolute atomic E-state index is 11.5. The van der Waals surface area contributed by atoms with Crippen LogP contribution in [-0.4, -0.2) is 36.4 Å². The molecule has 1 heterocycles. The molecule has 4 aliphatic carbocycles. The van der Waals surface area contributed by atoms with E-state index in [1.54, 1.807) is 0 Å². The summed E-state index contributed by atoms with van der Waals surface area (Å²) in [5.74, 6) is 1.37. The highest BCUT2D eigenvalue weighted by molar-refractivity contribution is 5.66. The Morgan fingerprint density at radius 3 is 2.33 bits per heavy atom. The van der Waals surface area contributed by atoms with Gasteiger partial charge in [-0.1, -0.05) is 20.8 Å². The number of esters is 2. The average molecular weight is 419 g/mol. The Labute approximate surface area is 180 Å². The van der Waals surface area contributed by atoms with Crippen molar-refractivity contribution in [3.8, 4) is 0 Å². The molecule has 0 aromatic rings. The van der Waals surface area contributed by atoms with Crippen LogP contribution in [0, 0.1) is 34.0 Å². The predicted molar refractivity (Wildman–Crippen MR) is 112 cm³/mol. The summed E-state index contributed by atoms with van der Waals surface area (Å²) in [7, 11) is 0. The molecule has 0 N–H and O–H groups in total. The highest BCUT2D eigenvalue weighted by Crippen LogP contribution is 2.77. The summed E-state index contributed by atoms with van der Waals surface area (Å²) in [5, 5.41) is 0. The van der Waals surface area contributed by atoms with Crippen molar-refractivity contribution in [2.75, 3.05) is 6.61 Å². The Kier molecular flexibility index (Phi) is 4.48. The van der Waals surface area contributed by atoms with Crippen LogP contribution >= 0.6 is 0 Å². The average Bonchev–Trinajstić information content (AvgIpc) is 3.31. The third-order valence-corrected chi connectivity index (χ3v) is 10.8. The molecule has 0 unspecified atom stereocenters. The largest absolute Gasteiger partial charge is 0.466 e. The Morgan fingerprint density at radius 1 is 0.933 bits per heavy atom. The fraction of sp³-hybridized carbons (Fsp3) is 0.920. The lowest BCUT2D eigenvalue weighted by Gasteiger charge is -2.65. The monoisotopic (exact) mass is 418 g/mol. The molecule has 9 atom stereocenters. The van der Waals surface area contributed by atoms with Crippen LogP contribution in [0.3, 0.4) is 0 Å². The van der Waals surface area contributed by atoms with Crippen molar-refractivity contribution in [1.82, 2.24) is 0 Å². The first-order valence-corrected chi connectivity index (χ1v) is 12.0. The molecule has 0 amide bonds. The highest BCUT2D eigenvalue weighted by atomic mass is 16.6. The quantitative estimate of drug-likeness (QED) is 0.493. The van der Waals surface area contributed by atoms with Crippen molar-refractivity contribution in [2.24, 2.45) is 34.0 Å². The first-order chi connectivity index (χ1) is 14.1. The molecule has 0 bridgehead atoms. The zero-order valence-electron chi connectivity index (χ0n) is 19.3. The van der Waals surface area contributed by atoms with Crippen molar-refractivity contribution in [1.29, 1.82) is 0 Å². The Bertz CT molecular complexity index is 763. The Balaban J connectivity index is 1.39. The molecule has 168 valence electrons. The minimum absolute atomic E-state index is 0.00218. The van der Waals surface area contributed by atoms with Crippen molar-refractivity contribution in [2.45, 2.75) is 104 Å². The van der Waals surface area contributed by atoms with E-state index < -0.39 is 0 Å². The number of epoxide rings is 1. The number of hydrogen-bond acceptors (Lipinski definition) is 5. The molecule has 5 aliphatic rings. The SMILES string of the molecule is CC(=O)OC[C@H]1C[C@@H]2O[C@@]23[C@H]2CC[C@@]4(C)C[C@@H](OC(C)=O)CC[C@]4(C)[C@@H]2CC[C@]13C. The van der Waals surface area contributed by atoms with Gasteiger partial charge in [0.15, 0.2) is 0 Å². The van der Waals surface area contributed by atoms with Gasteiger partial charge in [-0.05, 0) is 74.0 Å². The summed E-state index contributed by atoms with van der Waals surface area (Å²) >= 11 is 0. The second kappa shape index (κ2) is 6.46. The van der Waals surface area contributed by atoms with E-state index in [0.717, 1.165) is 32.1 Å². The number of rotatable bonds is 3. The number of hydrogen-bond donors (Lipinski definition) is 0. The van der Waals surface area contributed by atoms with Crippen LogP contribution in [0.2, 0.25) is 0 Å². The van der Waals surface area contributed by atoms with Crippen LogP contribution in [0.1, 0.15) is 86.0 Å². The van der Waals surface area contributed by atoms with E-state index in [1.807, 2.05) is 0 Å². The maximum Gasteiger partial charge on any atom is 0.302 e. The Morgan fingerprint density at radius 2 is 1.63 bits per heavy atom. The normalized spacial score (nSPS) is 53.6. The molecule has 0 aromatic carbocycles. The number of carbonyl (C=O) groups excluding carboxylic acids is 2. The van der Waals surface area contributed by atoms with E-state index >= 15 is 0 Å². The summed E-state index contributed by atoms with van der Waals surface area (Å²) in [6, 6.07) is 0. The van der Waals surface area contributed by atoms with Crippen LogP contribution in [0.5, 0.6) is 0 Å². The second-order valence-electron chi connectivity index (χ2n) is 11.8. The molecule has 0 aromatic heterocycles. The van der Waals surface area contributed by atoms with Gasteiger partial charge < -0.3 is 14.2 Å². The molecule has 1 spiro atoms. The van der Waals surface area contributed by atoms with Crippen LogP contribution < -0.4 is 0 Å². The molecular weight excluding hydrogens is 380 g/mol. The second-order valence-corrected chi connectivity index (χ2v) is 11.8. The van der Waals surface area contributed by atoms with Crippen LogP contribution in [0.4, 0.5) is 0 Å². The summed E-state index contributed by atoms with van der Waals surface area (Å²) in [6.07, 6.45) is 9.37. The van der Waals surface area contributed by atoms with Gasteiger partial charge in [-0.25, -0.2) is 0 Å². The molecule has 4 saturated carbocycles. The lowest BCUT2D eigenvalue weighted by molar-refractivity contribution is -0.192. The van der Waals surface area contributed by atoms with E-state index in [9.17, 15) is 9.59 Å². The number of carbonyl (C=O) groups is 2. The zero-order chi connectivity index (χ0) is 21.5. The topological polar surface area (TPSA) is 65.1 Å². The van der Waals surface area contributed by atoms with Gasteiger partial charge in [-0.3, -0.25) is 9.59 Å². The van der Waals surface area contributed by atoms with Gasteiger partial charge in [-0.15, -0.1) is 0 Å². The molecule has 5 rings (SSSR count).